The van der Waals surface area contributed by atoms with E-state index in [0.29, 0.717) is 25.3 Å². The SMILES string of the molecule is COc1ccc(S(=O)(=O)N[C@@H](C)C(=O)NCCCn2ccnc2)cc1Cl. The number of methoxy groups -OCH3 is 1. The number of imidazole rings is 1. The Bertz CT molecular complexity index is 840. The van der Waals surface area contributed by atoms with E-state index in [1.165, 1.54) is 32.2 Å². The van der Waals surface area contributed by atoms with Gasteiger partial charge in [-0.05, 0) is 31.5 Å². The predicted octanol–water partition coefficient (Wildman–Crippen LogP) is 1.42. The number of sulfonamides is 1. The molecule has 0 saturated heterocycles. The Kier molecular flexibility index (Phi) is 7.01. The average Bonchev–Trinajstić information content (AvgIpc) is 3.11. The Morgan fingerprint density at radius 2 is 2.19 bits per heavy atom. The molecular formula is C16H21ClN4O4S. The zero-order valence-corrected chi connectivity index (χ0v) is 16.0. The first kappa shape index (κ1) is 20.2. The maximum atomic E-state index is 12.4. The van der Waals surface area contributed by atoms with Gasteiger partial charge in [0.05, 0.1) is 29.4 Å². The van der Waals surface area contributed by atoms with Crippen molar-refractivity contribution in [3.63, 3.8) is 0 Å². The van der Waals surface area contributed by atoms with Crippen LogP contribution < -0.4 is 14.8 Å². The molecule has 0 aliphatic heterocycles. The molecule has 2 N–H and O–H groups in total. The Hall–Kier alpha value is -2.10. The van der Waals surface area contributed by atoms with E-state index < -0.39 is 22.0 Å². The molecule has 2 aromatic rings. The quantitative estimate of drug-likeness (QED) is 0.620. The summed E-state index contributed by atoms with van der Waals surface area (Å²) in [5, 5.41) is 2.88. The molecule has 1 amide bonds. The lowest BCUT2D eigenvalue weighted by molar-refractivity contribution is -0.122. The second kappa shape index (κ2) is 9.02. The molecular weight excluding hydrogens is 380 g/mol. The van der Waals surface area contributed by atoms with Gasteiger partial charge in [-0.25, -0.2) is 13.4 Å². The molecule has 0 fully saturated rings. The highest BCUT2D eigenvalue weighted by Crippen LogP contribution is 2.26. The van der Waals surface area contributed by atoms with Crippen molar-refractivity contribution < 1.29 is 17.9 Å². The topological polar surface area (TPSA) is 102 Å². The van der Waals surface area contributed by atoms with Gasteiger partial charge in [-0.1, -0.05) is 11.6 Å². The van der Waals surface area contributed by atoms with Gasteiger partial charge in [0.2, 0.25) is 15.9 Å². The second-order valence-corrected chi connectivity index (χ2v) is 7.71. The number of halogens is 1. The van der Waals surface area contributed by atoms with Crippen molar-refractivity contribution in [3.05, 3.63) is 41.9 Å². The van der Waals surface area contributed by atoms with Crippen LogP contribution >= 0.6 is 11.6 Å². The van der Waals surface area contributed by atoms with Gasteiger partial charge < -0.3 is 14.6 Å². The molecule has 142 valence electrons. The van der Waals surface area contributed by atoms with Crippen LogP contribution in [0.25, 0.3) is 0 Å². The molecule has 0 aliphatic carbocycles. The van der Waals surface area contributed by atoms with Gasteiger partial charge in [0.15, 0.2) is 0 Å². The van der Waals surface area contributed by atoms with Crippen LogP contribution in [-0.4, -0.2) is 43.6 Å². The minimum atomic E-state index is -3.88. The molecule has 0 unspecified atom stereocenters. The first-order chi connectivity index (χ1) is 12.3. The molecule has 0 saturated carbocycles. The van der Waals surface area contributed by atoms with Crippen LogP contribution in [0.3, 0.4) is 0 Å². The van der Waals surface area contributed by atoms with Crippen LogP contribution in [0, 0.1) is 0 Å². The summed E-state index contributed by atoms with van der Waals surface area (Å²) in [6, 6.07) is 3.17. The molecule has 8 nitrogen and oxygen atoms in total. The number of carbonyl (C=O) groups is 1. The van der Waals surface area contributed by atoms with Crippen molar-refractivity contribution >= 4 is 27.5 Å². The highest BCUT2D eigenvalue weighted by molar-refractivity contribution is 7.89. The fraction of sp³-hybridized carbons (Fsp3) is 0.375. The molecule has 1 aromatic heterocycles. The van der Waals surface area contributed by atoms with Crippen molar-refractivity contribution in [2.45, 2.75) is 30.8 Å². The third-order valence-corrected chi connectivity index (χ3v) is 5.44. The molecule has 1 atom stereocenters. The fourth-order valence-corrected chi connectivity index (χ4v) is 3.77. The third kappa shape index (κ3) is 5.45. The molecule has 0 bridgehead atoms. The summed E-state index contributed by atoms with van der Waals surface area (Å²) in [6.07, 6.45) is 5.91. The first-order valence-electron chi connectivity index (χ1n) is 7.93. The molecule has 1 heterocycles. The third-order valence-electron chi connectivity index (χ3n) is 3.61. The van der Waals surface area contributed by atoms with Gasteiger partial charge in [0, 0.05) is 25.5 Å². The van der Waals surface area contributed by atoms with Crippen LogP contribution in [0.5, 0.6) is 5.75 Å². The van der Waals surface area contributed by atoms with Crippen LogP contribution in [0.15, 0.2) is 41.8 Å². The Labute approximate surface area is 157 Å². The monoisotopic (exact) mass is 400 g/mol. The molecule has 10 heteroatoms. The van der Waals surface area contributed by atoms with E-state index in [2.05, 4.69) is 15.0 Å². The van der Waals surface area contributed by atoms with Gasteiger partial charge in [0.25, 0.3) is 0 Å². The van der Waals surface area contributed by atoms with E-state index in [0.717, 1.165) is 0 Å². The first-order valence-corrected chi connectivity index (χ1v) is 9.79. The highest BCUT2D eigenvalue weighted by atomic mass is 35.5. The Balaban J connectivity index is 1.87. The van der Waals surface area contributed by atoms with Crippen molar-refractivity contribution in [1.29, 1.82) is 0 Å². The standard InChI is InChI=1S/C16H21ClN4O4S/c1-12(16(22)19-6-3-8-21-9-7-18-11-21)20-26(23,24)13-4-5-15(25-2)14(17)10-13/h4-5,7,9-12,20H,3,6,8H2,1-2H3,(H,19,22)/t12-/m0/s1. The van der Waals surface area contributed by atoms with Crippen LogP contribution in [0.1, 0.15) is 13.3 Å². The zero-order valence-electron chi connectivity index (χ0n) is 14.5. The minimum absolute atomic E-state index is 0.0388. The number of nitrogens with one attached hydrogen (secondary N) is 2. The number of benzene rings is 1. The number of carbonyl (C=O) groups excluding carboxylic acids is 1. The van der Waals surface area contributed by atoms with Gasteiger partial charge in [0.1, 0.15) is 5.75 Å². The van der Waals surface area contributed by atoms with E-state index >= 15 is 0 Å². The number of hydrogen-bond acceptors (Lipinski definition) is 5. The molecule has 0 spiro atoms. The van der Waals surface area contributed by atoms with E-state index in [9.17, 15) is 13.2 Å². The fourth-order valence-electron chi connectivity index (χ4n) is 2.21. The summed E-state index contributed by atoms with van der Waals surface area (Å²) in [7, 11) is -2.44. The van der Waals surface area contributed by atoms with E-state index in [1.807, 2.05) is 10.8 Å². The van der Waals surface area contributed by atoms with E-state index in [4.69, 9.17) is 16.3 Å². The summed E-state index contributed by atoms with van der Waals surface area (Å²) in [4.78, 5) is 16.0. The Morgan fingerprint density at radius 1 is 1.42 bits per heavy atom. The van der Waals surface area contributed by atoms with E-state index in [1.54, 1.807) is 12.5 Å². The zero-order chi connectivity index (χ0) is 19.2. The van der Waals surface area contributed by atoms with Crippen molar-refractivity contribution in [1.82, 2.24) is 19.6 Å². The molecule has 1 aromatic carbocycles. The molecule has 0 aliphatic rings. The van der Waals surface area contributed by atoms with Gasteiger partial charge in [-0.2, -0.15) is 4.72 Å². The molecule has 0 radical (unpaired) electrons. The number of aromatic nitrogens is 2. The highest BCUT2D eigenvalue weighted by Gasteiger charge is 2.22. The second-order valence-electron chi connectivity index (χ2n) is 5.58. The number of amides is 1. The minimum Gasteiger partial charge on any atom is -0.495 e. The number of aryl methyl sites for hydroxylation is 1. The molecule has 2 rings (SSSR count). The Morgan fingerprint density at radius 3 is 2.81 bits per heavy atom. The van der Waals surface area contributed by atoms with Crippen LogP contribution in [-0.2, 0) is 21.4 Å². The van der Waals surface area contributed by atoms with Crippen molar-refractivity contribution in [2.75, 3.05) is 13.7 Å². The lowest BCUT2D eigenvalue weighted by Crippen LogP contribution is -2.45. The average molecular weight is 401 g/mol. The summed E-state index contributed by atoms with van der Waals surface area (Å²) in [5.41, 5.74) is 0. The summed E-state index contributed by atoms with van der Waals surface area (Å²) >= 11 is 5.96. The number of rotatable bonds is 9. The maximum absolute atomic E-state index is 12.4. The lowest BCUT2D eigenvalue weighted by Gasteiger charge is -2.15. The summed E-state index contributed by atoms with van der Waals surface area (Å²) < 4.78 is 34.0. The summed E-state index contributed by atoms with van der Waals surface area (Å²) in [6.45, 7) is 2.62. The number of hydrogen-bond donors (Lipinski definition) is 2. The normalized spacial score (nSPS) is 12.6. The van der Waals surface area contributed by atoms with Gasteiger partial charge in [-0.15, -0.1) is 0 Å². The van der Waals surface area contributed by atoms with Crippen LogP contribution in [0.4, 0.5) is 0 Å². The number of nitrogens with zero attached hydrogens (tertiary/aromatic N) is 2. The van der Waals surface area contributed by atoms with Crippen LogP contribution in [0.2, 0.25) is 5.02 Å². The number of ether oxygens (including phenoxy) is 1. The lowest BCUT2D eigenvalue weighted by atomic mass is 10.3. The predicted molar refractivity (Wildman–Crippen MR) is 97.6 cm³/mol. The van der Waals surface area contributed by atoms with Crippen molar-refractivity contribution in [2.24, 2.45) is 0 Å². The maximum Gasteiger partial charge on any atom is 0.241 e. The summed E-state index contributed by atoms with van der Waals surface area (Å²) in [5.74, 6) is -0.0342. The van der Waals surface area contributed by atoms with Gasteiger partial charge >= 0.3 is 0 Å². The van der Waals surface area contributed by atoms with Gasteiger partial charge in [-0.3, -0.25) is 4.79 Å². The largest absolute Gasteiger partial charge is 0.495 e. The van der Waals surface area contributed by atoms with E-state index in [-0.39, 0.29) is 9.92 Å². The smallest absolute Gasteiger partial charge is 0.241 e. The molecule has 26 heavy (non-hydrogen) atoms. The van der Waals surface area contributed by atoms with Crippen molar-refractivity contribution in [3.8, 4) is 5.75 Å².